The molecule has 0 radical (unpaired) electrons. The van der Waals surface area contributed by atoms with E-state index in [1.54, 1.807) is 0 Å². The Balaban J connectivity index is 3.12. The van der Waals surface area contributed by atoms with Crippen LogP contribution in [0.15, 0.2) is 0 Å². The van der Waals surface area contributed by atoms with E-state index in [0.717, 1.165) is 40.7 Å². The van der Waals surface area contributed by atoms with E-state index in [0.29, 0.717) is 0 Å². The largest absolute Gasteiger partial charge is 0.369 e. The third kappa shape index (κ3) is 2.96. The van der Waals surface area contributed by atoms with Gasteiger partial charge in [-0.25, -0.2) is 4.98 Å². The number of nitrogens with zero attached hydrogens (tertiary/aromatic N) is 3. The van der Waals surface area contributed by atoms with E-state index in [1.165, 1.54) is 0 Å². The first-order valence-corrected chi connectivity index (χ1v) is 6.74. The SMILES string of the molecule is CCNc1nc(N(CC)CC)nc(C)c1I. The van der Waals surface area contributed by atoms with Gasteiger partial charge >= 0.3 is 0 Å². The molecule has 16 heavy (non-hydrogen) atoms. The topological polar surface area (TPSA) is 41.1 Å². The molecule has 0 aromatic carbocycles. The summed E-state index contributed by atoms with van der Waals surface area (Å²) >= 11 is 2.29. The van der Waals surface area contributed by atoms with Crippen molar-refractivity contribution in [2.45, 2.75) is 27.7 Å². The number of rotatable bonds is 5. The third-order valence-electron chi connectivity index (χ3n) is 2.40. The number of hydrogen-bond acceptors (Lipinski definition) is 4. The first-order chi connectivity index (χ1) is 7.63. The molecule has 90 valence electrons. The quantitative estimate of drug-likeness (QED) is 0.841. The lowest BCUT2D eigenvalue weighted by Gasteiger charge is -2.20. The summed E-state index contributed by atoms with van der Waals surface area (Å²) in [6.45, 7) is 11.1. The van der Waals surface area contributed by atoms with Gasteiger partial charge in [0.1, 0.15) is 5.82 Å². The molecule has 1 N–H and O–H groups in total. The maximum Gasteiger partial charge on any atom is 0.227 e. The summed E-state index contributed by atoms with van der Waals surface area (Å²) in [5, 5.41) is 3.27. The predicted octanol–water partition coefficient (Wildman–Crippen LogP) is 2.67. The van der Waals surface area contributed by atoms with Crippen LogP contribution in [0.5, 0.6) is 0 Å². The van der Waals surface area contributed by atoms with Gasteiger partial charge in [-0.1, -0.05) is 0 Å². The number of nitrogens with one attached hydrogen (secondary N) is 1. The van der Waals surface area contributed by atoms with Crippen molar-refractivity contribution in [1.82, 2.24) is 9.97 Å². The average molecular weight is 334 g/mol. The molecule has 0 atom stereocenters. The molecule has 1 rings (SSSR count). The zero-order chi connectivity index (χ0) is 12.1. The summed E-state index contributed by atoms with van der Waals surface area (Å²) in [7, 11) is 0. The van der Waals surface area contributed by atoms with Gasteiger partial charge in [0.25, 0.3) is 0 Å². The predicted molar refractivity (Wildman–Crippen MR) is 77.2 cm³/mol. The van der Waals surface area contributed by atoms with Gasteiger partial charge in [-0.2, -0.15) is 4.98 Å². The lowest BCUT2D eigenvalue weighted by Crippen LogP contribution is -2.25. The normalized spacial score (nSPS) is 10.3. The fourth-order valence-corrected chi connectivity index (χ4v) is 1.91. The van der Waals surface area contributed by atoms with E-state index in [2.05, 4.69) is 63.5 Å². The minimum atomic E-state index is 0.818. The Bertz CT molecular complexity index is 350. The molecule has 0 fully saturated rings. The van der Waals surface area contributed by atoms with E-state index in [9.17, 15) is 0 Å². The maximum absolute atomic E-state index is 4.56. The number of aromatic nitrogens is 2. The highest BCUT2D eigenvalue weighted by Gasteiger charge is 2.11. The van der Waals surface area contributed by atoms with Crippen LogP contribution in [0.3, 0.4) is 0 Å². The Kier molecular flexibility index (Phi) is 5.24. The summed E-state index contributed by atoms with van der Waals surface area (Å²) in [5.74, 6) is 1.76. The van der Waals surface area contributed by atoms with Crippen LogP contribution in [0.1, 0.15) is 26.5 Å². The lowest BCUT2D eigenvalue weighted by molar-refractivity contribution is 0.814. The second-order valence-corrected chi connectivity index (χ2v) is 4.55. The first-order valence-electron chi connectivity index (χ1n) is 5.66. The van der Waals surface area contributed by atoms with E-state index < -0.39 is 0 Å². The van der Waals surface area contributed by atoms with E-state index in [4.69, 9.17) is 0 Å². The van der Waals surface area contributed by atoms with Crippen molar-refractivity contribution >= 4 is 34.4 Å². The summed E-state index contributed by atoms with van der Waals surface area (Å²) < 4.78 is 1.11. The van der Waals surface area contributed by atoms with Crippen molar-refractivity contribution < 1.29 is 0 Å². The van der Waals surface area contributed by atoms with Crippen molar-refractivity contribution in [3.63, 3.8) is 0 Å². The van der Waals surface area contributed by atoms with E-state index in [1.807, 2.05) is 6.92 Å². The first kappa shape index (κ1) is 13.5. The van der Waals surface area contributed by atoms with Crippen LogP contribution in [0.4, 0.5) is 11.8 Å². The van der Waals surface area contributed by atoms with Crippen LogP contribution < -0.4 is 10.2 Å². The summed E-state index contributed by atoms with van der Waals surface area (Å²) in [5.41, 5.74) is 1.04. The Labute approximate surface area is 111 Å². The fraction of sp³-hybridized carbons (Fsp3) is 0.636. The standard InChI is InChI=1S/C11H19IN4/c1-5-13-10-9(12)8(4)14-11(15-10)16(6-2)7-3/h5-7H2,1-4H3,(H,13,14,15). The second-order valence-electron chi connectivity index (χ2n) is 3.47. The minimum absolute atomic E-state index is 0.818. The molecule has 1 heterocycles. The molecule has 0 aliphatic rings. The Morgan fingerprint density at radius 1 is 1.19 bits per heavy atom. The summed E-state index contributed by atoms with van der Waals surface area (Å²) in [6, 6.07) is 0. The fourth-order valence-electron chi connectivity index (χ4n) is 1.48. The number of halogens is 1. The third-order valence-corrected chi connectivity index (χ3v) is 3.69. The zero-order valence-corrected chi connectivity index (χ0v) is 12.5. The van der Waals surface area contributed by atoms with Gasteiger partial charge < -0.3 is 10.2 Å². The van der Waals surface area contributed by atoms with Crippen molar-refractivity contribution in [3.05, 3.63) is 9.26 Å². The molecule has 0 unspecified atom stereocenters. The van der Waals surface area contributed by atoms with Crippen molar-refractivity contribution in [3.8, 4) is 0 Å². The second kappa shape index (κ2) is 6.22. The summed E-state index contributed by atoms with van der Waals surface area (Å²) in [6.07, 6.45) is 0. The van der Waals surface area contributed by atoms with Crippen molar-refractivity contribution in [2.75, 3.05) is 29.9 Å². The lowest BCUT2D eigenvalue weighted by atomic mass is 10.4. The molecule has 5 heteroatoms. The van der Waals surface area contributed by atoms with Gasteiger partial charge in [-0.15, -0.1) is 0 Å². The van der Waals surface area contributed by atoms with Crippen LogP contribution in [0.2, 0.25) is 0 Å². The van der Waals surface area contributed by atoms with Gasteiger partial charge in [-0.05, 0) is 50.3 Å². The van der Waals surface area contributed by atoms with E-state index in [-0.39, 0.29) is 0 Å². The molecule has 0 aliphatic carbocycles. The van der Waals surface area contributed by atoms with E-state index >= 15 is 0 Å². The molecule has 0 spiro atoms. The van der Waals surface area contributed by atoms with Crippen LogP contribution in [0.25, 0.3) is 0 Å². The maximum atomic E-state index is 4.56. The zero-order valence-electron chi connectivity index (χ0n) is 10.3. The number of hydrogen-bond donors (Lipinski definition) is 1. The molecule has 1 aromatic rings. The summed E-state index contributed by atoms with van der Waals surface area (Å²) in [4.78, 5) is 11.2. The molecule has 0 aliphatic heterocycles. The Morgan fingerprint density at radius 2 is 1.81 bits per heavy atom. The molecule has 4 nitrogen and oxygen atoms in total. The monoisotopic (exact) mass is 334 g/mol. The minimum Gasteiger partial charge on any atom is -0.369 e. The van der Waals surface area contributed by atoms with Gasteiger partial charge in [0.2, 0.25) is 5.95 Å². The molecule has 0 saturated heterocycles. The van der Waals surface area contributed by atoms with Crippen molar-refractivity contribution in [1.29, 1.82) is 0 Å². The molecule has 0 amide bonds. The average Bonchev–Trinajstić information content (AvgIpc) is 2.27. The Hall–Kier alpha value is -0.590. The van der Waals surface area contributed by atoms with Crippen LogP contribution in [0, 0.1) is 10.5 Å². The molecule has 0 bridgehead atoms. The smallest absolute Gasteiger partial charge is 0.227 e. The van der Waals surface area contributed by atoms with Crippen LogP contribution >= 0.6 is 22.6 Å². The van der Waals surface area contributed by atoms with Crippen molar-refractivity contribution in [2.24, 2.45) is 0 Å². The van der Waals surface area contributed by atoms with Gasteiger partial charge in [0, 0.05) is 19.6 Å². The van der Waals surface area contributed by atoms with Crippen LogP contribution in [-0.2, 0) is 0 Å². The number of anilines is 2. The van der Waals surface area contributed by atoms with Crippen LogP contribution in [-0.4, -0.2) is 29.6 Å². The van der Waals surface area contributed by atoms with Gasteiger partial charge in [0.05, 0.1) is 9.26 Å². The molecule has 1 aromatic heterocycles. The molecular weight excluding hydrogens is 315 g/mol. The molecule has 0 saturated carbocycles. The highest BCUT2D eigenvalue weighted by atomic mass is 127. The molecular formula is C11H19IN4. The van der Waals surface area contributed by atoms with Gasteiger partial charge in [-0.3, -0.25) is 0 Å². The Morgan fingerprint density at radius 3 is 2.31 bits per heavy atom. The number of aryl methyl sites for hydroxylation is 1. The highest BCUT2D eigenvalue weighted by Crippen LogP contribution is 2.21. The highest BCUT2D eigenvalue weighted by molar-refractivity contribution is 14.1. The van der Waals surface area contributed by atoms with Gasteiger partial charge in [0.15, 0.2) is 0 Å².